The Morgan fingerprint density at radius 1 is 1.06 bits per heavy atom. The second kappa shape index (κ2) is 5.00. The average Bonchev–Trinajstić information content (AvgIpc) is 2.31. The second-order valence-electron chi connectivity index (χ2n) is 3.09. The predicted octanol–water partition coefficient (Wildman–Crippen LogP) is 0.514. The first-order valence-electron chi connectivity index (χ1n) is 4.51. The molecule has 5 N–H and O–H groups in total. The van der Waals surface area contributed by atoms with Crippen LogP contribution >= 0.6 is 0 Å². The van der Waals surface area contributed by atoms with Crippen molar-refractivity contribution in [2.75, 3.05) is 18.8 Å². The van der Waals surface area contributed by atoms with Crippen molar-refractivity contribution in [2.45, 2.75) is 0 Å². The van der Waals surface area contributed by atoms with Gasteiger partial charge in [-0.1, -0.05) is 0 Å². The maximum absolute atomic E-state index is 13.2. The lowest BCUT2D eigenvalue weighted by molar-refractivity contribution is 0.0944. The lowest BCUT2D eigenvalue weighted by atomic mass is 10.1. The van der Waals surface area contributed by atoms with Gasteiger partial charge in [0.1, 0.15) is 11.3 Å². The van der Waals surface area contributed by atoms with E-state index in [-0.39, 0.29) is 13.1 Å². The number of amides is 1. The summed E-state index contributed by atoms with van der Waals surface area (Å²) in [5.74, 6) is -8.58. The third-order valence-electron chi connectivity index (χ3n) is 1.95. The molecular formula is C9H9F4N3O. The van der Waals surface area contributed by atoms with E-state index in [1.54, 1.807) is 0 Å². The van der Waals surface area contributed by atoms with E-state index in [9.17, 15) is 22.4 Å². The fraction of sp³-hybridized carbons (Fsp3) is 0.222. The first kappa shape index (κ1) is 13.2. The number of hydrogen-bond acceptors (Lipinski definition) is 3. The van der Waals surface area contributed by atoms with Crippen molar-refractivity contribution in [3.63, 3.8) is 0 Å². The zero-order valence-electron chi connectivity index (χ0n) is 8.49. The van der Waals surface area contributed by atoms with Crippen molar-refractivity contribution in [2.24, 2.45) is 5.73 Å². The Bertz CT molecular complexity index is 435. The van der Waals surface area contributed by atoms with Crippen LogP contribution in [0.4, 0.5) is 23.2 Å². The van der Waals surface area contributed by atoms with Gasteiger partial charge in [0.2, 0.25) is 0 Å². The highest BCUT2D eigenvalue weighted by Crippen LogP contribution is 2.25. The Balaban J connectivity index is 3.29. The number of hydrogen-bond donors (Lipinski definition) is 3. The third-order valence-corrected chi connectivity index (χ3v) is 1.95. The molecule has 1 amide bonds. The van der Waals surface area contributed by atoms with Gasteiger partial charge >= 0.3 is 0 Å². The second-order valence-corrected chi connectivity index (χ2v) is 3.09. The molecule has 0 unspecified atom stereocenters. The van der Waals surface area contributed by atoms with Crippen molar-refractivity contribution in [1.29, 1.82) is 0 Å². The molecular weight excluding hydrogens is 242 g/mol. The molecule has 1 aromatic carbocycles. The van der Waals surface area contributed by atoms with Gasteiger partial charge in [-0.2, -0.15) is 0 Å². The number of carbonyl (C=O) groups excluding carboxylic acids is 1. The van der Waals surface area contributed by atoms with E-state index in [0.29, 0.717) is 0 Å². The summed E-state index contributed by atoms with van der Waals surface area (Å²) < 4.78 is 52.5. The fourth-order valence-electron chi connectivity index (χ4n) is 1.12. The lowest BCUT2D eigenvalue weighted by Crippen LogP contribution is -2.31. The molecule has 0 aliphatic rings. The SMILES string of the molecule is NCCNC(=O)c1c(F)c(F)c(N)c(F)c1F. The standard InChI is InChI=1S/C9H9F4N3O/c10-4-3(9(17)16-2-1-14)5(11)7(13)8(15)6(4)12/h1-2,14-15H2,(H,16,17). The van der Waals surface area contributed by atoms with Crippen LogP contribution in [0.15, 0.2) is 0 Å². The van der Waals surface area contributed by atoms with Crippen LogP contribution in [0.2, 0.25) is 0 Å². The van der Waals surface area contributed by atoms with Gasteiger partial charge in [-0.15, -0.1) is 0 Å². The fourth-order valence-corrected chi connectivity index (χ4v) is 1.12. The van der Waals surface area contributed by atoms with E-state index in [4.69, 9.17) is 11.5 Å². The summed E-state index contributed by atoms with van der Waals surface area (Å²) in [7, 11) is 0. The topological polar surface area (TPSA) is 81.1 Å². The minimum atomic E-state index is -1.84. The molecule has 0 aliphatic carbocycles. The van der Waals surface area contributed by atoms with E-state index in [1.807, 2.05) is 5.32 Å². The van der Waals surface area contributed by atoms with Gasteiger partial charge in [-0.25, -0.2) is 17.6 Å². The van der Waals surface area contributed by atoms with Crippen LogP contribution in [0.5, 0.6) is 0 Å². The summed E-state index contributed by atoms with van der Waals surface area (Å²) in [6.45, 7) is -0.0831. The minimum absolute atomic E-state index is 0.00884. The first-order valence-corrected chi connectivity index (χ1v) is 4.51. The molecule has 4 nitrogen and oxygen atoms in total. The monoisotopic (exact) mass is 251 g/mol. The smallest absolute Gasteiger partial charge is 0.257 e. The molecule has 0 aliphatic heterocycles. The third kappa shape index (κ3) is 2.31. The molecule has 17 heavy (non-hydrogen) atoms. The van der Waals surface area contributed by atoms with Crippen LogP contribution in [-0.4, -0.2) is 19.0 Å². The van der Waals surface area contributed by atoms with Gasteiger partial charge < -0.3 is 16.8 Å². The number of nitrogen functional groups attached to an aromatic ring is 1. The normalized spacial score (nSPS) is 10.4. The van der Waals surface area contributed by atoms with Crippen molar-refractivity contribution >= 4 is 11.6 Å². The van der Waals surface area contributed by atoms with Gasteiger partial charge in [0, 0.05) is 13.1 Å². The van der Waals surface area contributed by atoms with E-state index in [1.165, 1.54) is 0 Å². The molecule has 1 aromatic rings. The maximum Gasteiger partial charge on any atom is 0.257 e. The van der Waals surface area contributed by atoms with E-state index >= 15 is 0 Å². The number of carbonyl (C=O) groups is 1. The molecule has 0 saturated carbocycles. The van der Waals surface area contributed by atoms with Gasteiger partial charge in [0.15, 0.2) is 23.3 Å². The Hall–Kier alpha value is -1.83. The predicted molar refractivity (Wildman–Crippen MR) is 52.1 cm³/mol. The Labute approximate surface area is 93.6 Å². The maximum atomic E-state index is 13.2. The van der Waals surface area contributed by atoms with Crippen LogP contribution in [0.1, 0.15) is 10.4 Å². The van der Waals surface area contributed by atoms with Crippen molar-refractivity contribution in [1.82, 2.24) is 5.32 Å². The summed E-state index contributed by atoms with van der Waals surface area (Å²) >= 11 is 0. The number of halogens is 4. The molecule has 94 valence electrons. The van der Waals surface area contributed by atoms with Gasteiger partial charge in [0.05, 0.1) is 0 Å². The molecule has 0 aromatic heterocycles. The van der Waals surface area contributed by atoms with Crippen LogP contribution in [-0.2, 0) is 0 Å². The van der Waals surface area contributed by atoms with E-state index in [0.717, 1.165) is 0 Å². The van der Waals surface area contributed by atoms with Gasteiger partial charge in [-0.05, 0) is 0 Å². The number of nitrogens with two attached hydrogens (primary N) is 2. The molecule has 0 heterocycles. The van der Waals surface area contributed by atoms with Crippen LogP contribution < -0.4 is 16.8 Å². The number of anilines is 1. The summed E-state index contributed by atoms with van der Waals surface area (Å²) in [5.41, 5.74) is 7.15. The molecule has 1 rings (SSSR count). The molecule has 0 bridgehead atoms. The summed E-state index contributed by atoms with van der Waals surface area (Å²) in [5, 5.41) is 1.99. The summed E-state index contributed by atoms with van der Waals surface area (Å²) in [4.78, 5) is 11.2. The lowest BCUT2D eigenvalue weighted by Gasteiger charge is -2.09. The quantitative estimate of drug-likeness (QED) is 0.416. The minimum Gasteiger partial charge on any atom is -0.394 e. The highest BCUT2D eigenvalue weighted by atomic mass is 19.2. The number of rotatable bonds is 3. The summed E-state index contributed by atoms with van der Waals surface area (Å²) in [6.07, 6.45) is 0. The van der Waals surface area contributed by atoms with Crippen LogP contribution in [0.3, 0.4) is 0 Å². The van der Waals surface area contributed by atoms with Crippen molar-refractivity contribution in [3.05, 3.63) is 28.8 Å². The van der Waals surface area contributed by atoms with Crippen LogP contribution in [0.25, 0.3) is 0 Å². The van der Waals surface area contributed by atoms with Crippen molar-refractivity contribution in [3.8, 4) is 0 Å². The zero-order chi connectivity index (χ0) is 13.2. The summed E-state index contributed by atoms with van der Waals surface area (Å²) in [6, 6.07) is 0. The Morgan fingerprint density at radius 2 is 1.53 bits per heavy atom. The van der Waals surface area contributed by atoms with Crippen LogP contribution in [0, 0.1) is 23.3 Å². The first-order chi connectivity index (χ1) is 7.91. The average molecular weight is 251 g/mol. The zero-order valence-corrected chi connectivity index (χ0v) is 8.49. The number of benzene rings is 1. The van der Waals surface area contributed by atoms with Gasteiger partial charge in [-0.3, -0.25) is 4.79 Å². The Morgan fingerprint density at radius 3 is 1.94 bits per heavy atom. The molecule has 8 heteroatoms. The van der Waals surface area contributed by atoms with Gasteiger partial charge in [0.25, 0.3) is 5.91 Å². The van der Waals surface area contributed by atoms with E-state index < -0.39 is 40.4 Å². The van der Waals surface area contributed by atoms with E-state index in [2.05, 4.69) is 0 Å². The molecule has 0 atom stereocenters. The Kier molecular flexibility index (Phi) is 3.89. The van der Waals surface area contributed by atoms with Crippen molar-refractivity contribution < 1.29 is 22.4 Å². The molecule has 0 radical (unpaired) electrons. The highest BCUT2D eigenvalue weighted by molar-refractivity contribution is 5.95. The number of nitrogens with one attached hydrogen (secondary N) is 1. The molecule has 0 spiro atoms. The highest BCUT2D eigenvalue weighted by Gasteiger charge is 2.27. The molecule has 0 fully saturated rings. The largest absolute Gasteiger partial charge is 0.394 e. The molecule has 0 saturated heterocycles.